The molecule has 0 bridgehead atoms. The monoisotopic (exact) mass is 336 g/mol. The highest BCUT2D eigenvalue weighted by molar-refractivity contribution is 5.84. The van der Waals surface area contributed by atoms with Crippen LogP contribution in [0.25, 0.3) is 0 Å². The Morgan fingerprint density at radius 2 is 2.12 bits per heavy atom. The lowest BCUT2D eigenvalue weighted by atomic mass is 9.78. The highest BCUT2D eigenvalue weighted by atomic mass is 16.5. The molecule has 0 unspecified atom stereocenters. The maximum Gasteiger partial charge on any atom is 0.230 e. The number of hydrogen-bond donors (Lipinski definition) is 0. The first-order valence-corrected chi connectivity index (χ1v) is 8.87. The van der Waals surface area contributed by atoms with Gasteiger partial charge < -0.3 is 14.1 Å². The second-order valence-electron chi connectivity index (χ2n) is 7.32. The highest BCUT2D eigenvalue weighted by Gasteiger charge is 2.48. The second-order valence-corrected chi connectivity index (χ2v) is 7.32. The smallest absolute Gasteiger partial charge is 0.230 e. The molecule has 7 heteroatoms. The van der Waals surface area contributed by atoms with Crippen molar-refractivity contribution >= 4 is 5.91 Å². The zero-order valence-corrected chi connectivity index (χ0v) is 15.0. The fourth-order valence-electron chi connectivity index (χ4n) is 3.79. The molecule has 1 atom stereocenters. The molecule has 1 spiro atoms. The molecule has 0 radical (unpaired) electrons. The van der Waals surface area contributed by atoms with E-state index in [4.69, 9.17) is 9.15 Å². The van der Waals surface area contributed by atoms with Crippen molar-refractivity contribution in [3.05, 3.63) is 11.8 Å². The summed E-state index contributed by atoms with van der Waals surface area (Å²) in [5.74, 6) is 1.86. The fourth-order valence-corrected chi connectivity index (χ4v) is 3.79. The van der Waals surface area contributed by atoms with Gasteiger partial charge in [-0.1, -0.05) is 13.8 Å². The van der Waals surface area contributed by atoms with Crippen LogP contribution in [0.1, 0.15) is 50.8 Å². The van der Waals surface area contributed by atoms with Gasteiger partial charge in [-0.05, 0) is 25.8 Å². The van der Waals surface area contributed by atoms with E-state index in [1.165, 1.54) is 0 Å². The third-order valence-electron chi connectivity index (χ3n) is 5.16. The topological polar surface area (TPSA) is 71.7 Å². The van der Waals surface area contributed by atoms with Crippen LogP contribution in [-0.2, 0) is 16.1 Å². The van der Waals surface area contributed by atoms with E-state index in [1.807, 2.05) is 18.7 Å². The summed E-state index contributed by atoms with van der Waals surface area (Å²) in [6.45, 7) is 8.55. The Hall–Kier alpha value is -1.47. The third-order valence-corrected chi connectivity index (χ3v) is 5.16. The Labute approximate surface area is 143 Å². The summed E-state index contributed by atoms with van der Waals surface area (Å²) in [5, 5.41) is 8.23. The van der Waals surface area contributed by atoms with Gasteiger partial charge in [0.1, 0.15) is 0 Å². The van der Waals surface area contributed by atoms with Gasteiger partial charge in [0.05, 0.1) is 18.6 Å². The number of carbonyl (C=O) groups is 1. The minimum absolute atomic E-state index is 0.229. The van der Waals surface area contributed by atoms with E-state index in [2.05, 4.69) is 15.1 Å². The van der Waals surface area contributed by atoms with Gasteiger partial charge in [0.25, 0.3) is 0 Å². The van der Waals surface area contributed by atoms with E-state index < -0.39 is 0 Å². The van der Waals surface area contributed by atoms with Gasteiger partial charge in [-0.15, -0.1) is 10.2 Å². The summed E-state index contributed by atoms with van der Waals surface area (Å²) in [7, 11) is 1.68. The van der Waals surface area contributed by atoms with Crippen molar-refractivity contribution in [2.24, 2.45) is 5.41 Å². The van der Waals surface area contributed by atoms with Crippen LogP contribution in [0.2, 0.25) is 0 Å². The summed E-state index contributed by atoms with van der Waals surface area (Å²) in [5.41, 5.74) is -0.229. The van der Waals surface area contributed by atoms with Crippen molar-refractivity contribution in [1.82, 2.24) is 20.0 Å². The Kier molecular flexibility index (Phi) is 5.20. The Bertz CT molecular complexity index is 574. The maximum atomic E-state index is 12.9. The molecular weight excluding hydrogens is 308 g/mol. The molecule has 3 rings (SSSR count). The largest absolute Gasteiger partial charge is 0.424 e. The van der Waals surface area contributed by atoms with Gasteiger partial charge in [-0.2, -0.15) is 0 Å². The molecule has 1 aromatic rings. The van der Waals surface area contributed by atoms with Crippen LogP contribution >= 0.6 is 0 Å². The lowest BCUT2D eigenvalue weighted by Crippen LogP contribution is -2.50. The van der Waals surface area contributed by atoms with E-state index in [0.29, 0.717) is 37.4 Å². The average Bonchev–Trinajstić information content (AvgIpc) is 3.18. The molecule has 2 saturated heterocycles. The molecular formula is C17H28N4O3. The normalized spacial score (nSPS) is 25.3. The average molecular weight is 336 g/mol. The number of nitrogens with zero attached hydrogens (tertiary/aromatic N) is 4. The number of ether oxygens (including phenoxy) is 1. The number of hydrogen-bond acceptors (Lipinski definition) is 6. The molecule has 1 aromatic heterocycles. The second kappa shape index (κ2) is 7.19. The van der Waals surface area contributed by atoms with Crippen molar-refractivity contribution in [2.75, 3.05) is 39.9 Å². The third kappa shape index (κ3) is 3.47. The molecule has 1 amide bonds. The highest BCUT2D eigenvalue weighted by Crippen LogP contribution is 2.40. The van der Waals surface area contributed by atoms with Crippen LogP contribution in [0.3, 0.4) is 0 Å². The molecule has 0 aliphatic carbocycles. The number of rotatable bonds is 6. The number of piperidine rings is 1. The number of likely N-dealkylation sites (tertiary alicyclic amines) is 2. The minimum Gasteiger partial charge on any atom is -0.424 e. The molecule has 0 aromatic carbocycles. The zero-order chi connectivity index (χ0) is 17.2. The van der Waals surface area contributed by atoms with Crippen LogP contribution in [0.15, 0.2) is 4.42 Å². The maximum absolute atomic E-state index is 12.9. The Morgan fingerprint density at radius 1 is 1.29 bits per heavy atom. The van der Waals surface area contributed by atoms with E-state index in [-0.39, 0.29) is 11.3 Å². The lowest BCUT2D eigenvalue weighted by Gasteiger charge is -2.39. The van der Waals surface area contributed by atoms with Crippen LogP contribution in [0.4, 0.5) is 0 Å². The first-order chi connectivity index (χ1) is 11.5. The predicted octanol–water partition coefficient (Wildman–Crippen LogP) is 1.65. The van der Waals surface area contributed by atoms with Crippen LogP contribution in [0.5, 0.6) is 0 Å². The van der Waals surface area contributed by atoms with E-state index >= 15 is 0 Å². The molecule has 7 nitrogen and oxygen atoms in total. The molecule has 0 saturated carbocycles. The van der Waals surface area contributed by atoms with E-state index in [0.717, 1.165) is 38.9 Å². The molecule has 3 heterocycles. The van der Waals surface area contributed by atoms with Crippen molar-refractivity contribution < 1.29 is 13.9 Å². The molecule has 24 heavy (non-hydrogen) atoms. The lowest BCUT2D eigenvalue weighted by molar-refractivity contribution is -0.146. The number of carbonyl (C=O) groups excluding carboxylic acids is 1. The van der Waals surface area contributed by atoms with E-state index in [9.17, 15) is 4.79 Å². The molecule has 0 N–H and O–H groups in total. The van der Waals surface area contributed by atoms with Crippen LogP contribution in [0, 0.1) is 5.41 Å². The fraction of sp³-hybridized carbons (Fsp3) is 0.824. The first kappa shape index (κ1) is 17.4. The summed E-state index contributed by atoms with van der Waals surface area (Å²) < 4.78 is 10.8. The van der Waals surface area contributed by atoms with Crippen LogP contribution < -0.4 is 0 Å². The Balaban J connectivity index is 1.61. The van der Waals surface area contributed by atoms with Crippen molar-refractivity contribution in [1.29, 1.82) is 0 Å². The molecule has 134 valence electrons. The van der Waals surface area contributed by atoms with Crippen LogP contribution in [-0.4, -0.2) is 65.8 Å². The van der Waals surface area contributed by atoms with Gasteiger partial charge in [0.2, 0.25) is 17.7 Å². The predicted molar refractivity (Wildman–Crippen MR) is 88.4 cm³/mol. The van der Waals surface area contributed by atoms with Gasteiger partial charge in [0.15, 0.2) is 0 Å². The summed E-state index contributed by atoms with van der Waals surface area (Å²) in [6.07, 6.45) is 2.97. The van der Waals surface area contributed by atoms with Gasteiger partial charge in [0, 0.05) is 32.7 Å². The summed E-state index contributed by atoms with van der Waals surface area (Å²) >= 11 is 0. The molecule has 2 fully saturated rings. The van der Waals surface area contributed by atoms with Gasteiger partial charge in [-0.25, -0.2) is 0 Å². The molecule has 2 aliphatic rings. The van der Waals surface area contributed by atoms with Crippen molar-refractivity contribution in [2.45, 2.75) is 45.6 Å². The van der Waals surface area contributed by atoms with Gasteiger partial charge >= 0.3 is 0 Å². The SMILES string of the molecule is COCCN1CCC[C@@]2(CCN(Cc3nnc(C(C)C)o3)C2)C1=O. The standard InChI is InChI=1S/C17H28N4O3/c1-13(2)15-19-18-14(24-15)11-20-8-6-17(12-20)5-4-7-21(16(17)22)9-10-23-3/h13H,4-12H2,1-3H3/t17-/m0/s1. The molecule has 2 aliphatic heterocycles. The van der Waals surface area contributed by atoms with E-state index in [1.54, 1.807) is 7.11 Å². The number of amides is 1. The first-order valence-electron chi connectivity index (χ1n) is 8.87. The quantitative estimate of drug-likeness (QED) is 0.787. The number of aromatic nitrogens is 2. The van der Waals surface area contributed by atoms with Crippen molar-refractivity contribution in [3.8, 4) is 0 Å². The zero-order valence-electron chi connectivity index (χ0n) is 15.0. The van der Waals surface area contributed by atoms with Gasteiger partial charge in [-0.3, -0.25) is 9.69 Å². The summed E-state index contributed by atoms with van der Waals surface area (Å²) in [4.78, 5) is 17.2. The summed E-state index contributed by atoms with van der Waals surface area (Å²) in [6, 6.07) is 0. The Morgan fingerprint density at radius 3 is 2.83 bits per heavy atom. The van der Waals surface area contributed by atoms with Crippen molar-refractivity contribution in [3.63, 3.8) is 0 Å². The number of methoxy groups -OCH3 is 1. The minimum atomic E-state index is -0.229.